The molecule has 2 aromatic heterocycles. The molecular weight excluding hydrogens is 366 g/mol. The van der Waals surface area contributed by atoms with E-state index in [1.54, 1.807) is 18.5 Å². The number of anilines is 1. The minimum atomic E-state index is -0.248. The third-order valence-corrected chi connectivity index (χ3v) is 5.02. The van der Waals surface area contributed by atoms with Crippen molar-refractivity contribution < 1.29 is 4.74 Å². The number of pyridine rings is 1. The van der Waals surface area contributed by atoms with Crippen molar-refractivity contribution >= 4 is 16.6 Å². The van der Waals surface area contributed by atoms with Gasteiger partial charge in [0, 0.05) is 19.8 Å². The van der Waals surface area contributed by atoms with E-state index in [0.717, 1.165) is 24.3 Å². The molecule has 4 aromatic rings. The summed E-state index contributed by atoms with van der Waals surface area (Å²) in [5, 5.41) is 4.92. The predicted octanol–water partition coefficient (Wildman–Crippen LogP) is 3.48. The maximum absolute atomic E-state index is 12.2. The molecule has 0 spiro atoms. The van der Waals surface area contributed by atoms with Crippen molar-refractivity contribution in [1.29, 1.82) is 0 Å². The summed E-state index contributed by atoms with van der Waals surface area (Å²) in [5.74, 6) is 0.630. The molecule has 0 saturated carbocycles. The summed E-state index contributed by atoms with van der Waals surface area (Å²) < 4.78 is 5.85. The molecule has 1 N–H and O–H groups in total. The lowest BCUT2D eigenvalue weighted by molar-refractivity contribution is 0.320. The second-order valence-corrected chi connectivity index (χ2v) is 7.02. The second kappa shape index (κ2) is 7.03. The van der Waals surface area contributed by atoms with E-state index in [1.165, 1.54) is 5.56 Å². The fraction of sp³-hybridized carbons (Fsp3) is 0.136. The molecule has 5 rings (SSSR count). The van der Waals surface area contributed by atoms with Gasteiger partial charge in [-0.05, 0) is 35.4 Å². The Balaban J connectivity index is 1.42. The molecule has 3 heterocycles. The van der Waals surface area contributed by atoms with Crippen LogP contribution >= 0.6 is 0 Å². The lowest BCUT2D eigenvalue weighted by Crippen LogP contribution is -2.33. The molecule has 2 aromatic carbocycles. The molecule has 0 bridgehead atoms. The normalized spacial score (nSPS) is 13.6. The van der Waals surface area contributed by atoms with E-state index in [9.17, 15) is 4.79 Å². The number of aromatic amines is 1. The van der Waals surface area contributed by atoms with Crippen LogP contribution in [0.3, 0.4) is 0 Å². The van der Waals surface area contributed by atoms with Gasteiger partial charge in [0.05, 0.1) is 29.3 Å². The summed E-state index contributed by atoms with van der Waals surface area (Å²) in [4.78, 5) is 23.3. The Morgan fingerprint density at radius 2 is 2.00 bits per heavy atom. The number of aromatic nitrogens is 3. The Kier molecular flexibility index (Phi) is 4.22. The van der Waals surface area contributed by atoms with Gasteiger partial charge in [0.1, 0.15) is 5.75 Å². The number of benzene rings is 2. The van der Waals surface area contributed by atoms with Crippen LogP contribution in [0.5, 0.6) is 11.8 Å². The molecule has 0 radical (unpaired) electrons. The van der Waals surface area contributed by atoms with Crippen LogP contribution < -0.4 is 15.3 Å². The van der Waals surface area contributed by atoms with Crippen LogP contribution in [0.2, 0.25) is 0 Å². The quantitative estimate of drug-likeness (QED) is 0.580. The van der Waals surface area contributed by atoms with Crippen LogP contribution in [-0.4, -0.2) is 27.0 Å². The van der Waals surface area contributed by atoms with Crippen molar-refractivity contribution in [2.45, 2.75) is 13.1 Å². The standard InChI is InChI=1S/C22H19N5O2/c1-26-14-16-11-17(7-8-20(16)27(26)13-15-5-3-2-4-6-15)29-22-24-19-12-23-10-9-18(19)21(28)25-22/h2-12H,13-14H2,1H3,(H,24,25,28). The van der Waals surface area contributed by atoms with Gasteiger partial charge >= 0.3 is 6.01 Å². The first-order valence-electron chi connectivity index (χ1n) is 9.35. The first kappa shape index (κ1) is 17.4. The van der Waals surface area contributed by atoms with Crippen molar-refractivity contribution in [3.8, 4) is 11.8 Å². The van der Waals surface area contributed by atoms with E-state index >= 15 is 0 Å². The molecule has 0 unspecified atom stereocenters. The number of nitrogens with one attached hydrogen (secondary N) is 1. The Bertz CT molecular complexity index is 1240. The summed E-state index contributed by atoms with van der Waals surface area (Å²) in [6, 6.07) is 18.1. The van der Waals surface area contributed by atoms with Crippen molar-refractivity contribution in [3.05, 3.63) is 88.5 Å². The van der Waals surface area contributed by atoms with Gasteiger partial charge < -0.3 is 9.75 Å². The van der Waals surface area contributed by atoms with E-state index in [2.05, 4.69) is 56.3 Å². The predicted molar refractivity (Wildman–Crippen MR) is 111 cm³/mol. The third-order valence-electron chi connectivity index (χ3n) is 5.02. The number of hydrogen-bond acceptors (Lipinski definition) is 6. The highest BCUT2D eigenvalue weighted by molar-refractivity contribution is 5.76. The van der Waals surface area contributed by atoms with Gasteiger partial charge in [0.2, 0.25) is 0 Å². The molecule has 7 heteroatoms. The SMILES string of the molecule is CN1Cc2cc(Oc3nc4cnccc4c(=O)[nH]3)ccc2N1Cc1ccccc1. The molecule has 144 valence electrons. The van der Waals surface area contributed by atoms with E-state index in [4.69, 9.17) is 4.74 Å². The van der Waals surface area contributed by atoms with Crippen LogP contribution in [0.1, 0.15) is 11.1 Å². The molecule has 1 aliphatic rings. The molecule has 1 aliphatic heterocycles. The minimum absolute atomic E-state index is 0.156. The van der Waals surface area contributed by atoms with Gasteiger partial charge in [-0.2, -0.15) is 4.98 Å². The Morgan fingerprint density at radius 1 is 1.14 bits per heavy atom. The number of fused-ring (bicyclic) bond motifs is 2. The zero-order valence-corrected chi connectivity index (χ0v) is 15.9. The van der Waals surface area contributed by atoms with Gasteiger partial charge in [-0.25, -0.2) is 5.01 Å². The van der Waals surface area contributed by atoms with Crippen molar-refractivity contribution in [2.75, 3.05) is 12.1 Å². The average Bonchev–Trinajstić information content (AvgIpc) is 3.03. The molecule has 0 fully saturated rings. The van der Waals surface area contributed by atoms with Gasteiger partial charge in [-0.3, -0.25) is 14.8 Å². The van der Waals surface area contributed by atoms with Crippen LogP contribution in [0.15, 0.2) is 71.8 Å². The molecule has 0 saturated heterocycles. The number of hydrogen-bond donors (Lipinski definition) is 1. The average molecular weight is 385 g/mol. The summed E-state index contributed by atoms with van der Waals surface area (Å²) in [7, 11) is 2.07. The molecule has 0 amide bonds. The van der Waals surface area contributed by atoms with E-state index in [0.29, 0.717) is 16.7 Å². The highest BCUT2D eigenvalue weighted by Crippen LogP contribution is 2.35. The Morgan fingerprint density at radius 3 is 2.86 bits per heavy atom. The van der Waals surface area contributed by atoms with Gasteiger partial charge in [-0.15, -0.1) is 0 Å². The highest BCUT2D eigenvalue weighted by atomic mass is 16.5. The number of H-pyrrole nitrogens is 1. The Hall–Kier alpha value is -3.71. The molecule has 29 heavy (non-hydrogen) atoms. The Labute approximate surface area is 167 Å². The molecule has 7 nitrogen and oxygen atoms in total. The maximum Gasteiger partial charge on any atom is 0.302 e. The smallest absolute Gasteiger partial charge is 0.302 e. The van der Waals surface area contributed by atoms with Gasteiger partial charge in [-0.1, -0.05) is 30.3 Å². The molecular formula is C22H19N5O2. The van der Waals surface area contributed by atoms with Gasteiger partial charge in [0.25, 0.3) is 5.56 Å². The van der Waals surface area contributed by atoms with Crippen LogP contribution in [0.4, 0.5) is 5.69 Å². The number of nitrogens with zero attached hydrogens (tertiary/aromatic N) is 4. The largest absolute Gasteiger partial charge is 0.426 e. The minimum Gasteiger partial charge on any atom is -0.426 e. The van der Waals surface area contributed by atoms with E-state index < -0.39 is 0 Å². The topological polar surface area (TPSA) is 74.3 Å². The summed E-state index contributed by atoms with van der Waals surface area (Å²) in [6.07, 6.45) is 3.12. The summed E-state index contributed by atoms with van der Waals surface area (Å²) in [6.45, 7) is 1.59. The first-order chi connectivity index (χ1) is 14.2. The van der Waals surface area contributed by atoms with Crippen LogP contribution in [0.25, 0.3) is 10.9 Å². The van der Waals surface area contributed by atoms with Gasteiger partial charge in [0.15, 0.2) is 0 Å². The van der Waals surface area contributed by atoms with Crippen LogP contribution in [-0.2, 0) is 13.1 Å². The highest BCUT2D eigenvalue weighted by Gasteiger charge is 2.25. The first-order valence-corrected chi connectivity index (χ1v) is 9.35. The maximum atomic E-state index is 12.2. The monoisotopic (exact) mass is 385 g/mol. The fourth-order valence-corrected chi connectivity index (χ4v) is 3.61. The summed E-state index contributed by atoms with van der Waals surface area (Å²) >= 11 is 0. The number of rotatable bonds is 4. The third kappa shape index (κ3) is 3.32. The van der Waals surface area contributed by atoms with E-state index in [-0.39, 0.29) is 11.6 Å². The molecule has 0 aliphatic carbocycles. The zero-order chi connectivity index (χ0) is 19.8. The lowest BCUT2D eigenvalue weighted by atomic mass is 10.1. The zero-order valence-electron chi connectivity index (χ0n) is 15.9. The lowest BCUT2D eigenvalue weighted by Gasteiger charge is -2.27. The second-order valence-electron chi connectivity index (χ2n) is 7.02. The number of hydrazine groups is 1. The molecule has 0 atom stereocenters. The fourth-order valence-electron chi connectivity index (χ4n) is 3.61. The van der Waals surface area contributed by atoms with Crippen LogP contribution in [0, 0.1) is 0 Å². The van der Waals surface area contributed by atoms with E-state index in [1.807, 2.05) is 24.3 Å². The summed E-state index contributed by atoms with van der Waals surface area (Å²) in [5.41, 5.74) is 3.81. The van der Waals surface area contributed by atoms with Crippen molar-refractivity contribution in [3.63, 3.8) is 0 Å². The van der Waals surface area contributed by atoms with Crippen molar-refractivity contribution in [2.24, 2.45) is 0 Å². The number of ether oxygens (including phenoxy) is 1. The van der Waals surface area contributed by atoms with Crippen molar-refractivity contribution in [1.82, 2.24) is 20.0 Å².